The summed E-state index contributed by atoms with van der Waals surface area (Å²) in [5.74, 6) is -3.51. The van der Waals surface area contributed by atoms with E-state index < -0.39 is 65.6 Å². The van der Waals surface area contributed by atoms with Gasteiger partial charge in [-0.3, -0.25) is 9.59 Å². The summed E-state index contributed by atoms with van der Waals surface area (Å²) in [5.41, 5.74) is -2.87. The van der Waals surface area contributed by atoms with Crippen molar-refractivity contribution in [3.8, 4) is 0 Å². The van der Waals surface area contributed by atoms with E-state index in [1.54, 1.807) is 12.1 Å². The summed E-state index contributed by atoms with van der Waals surface area (Å²) in [6, 6.07) is 13.9. The molecule has 204 valence electrons. The number of carbonyl (C=O) groups excluding carboxylic acids is 3. The van der Waals surface area contributed by atoms with Crippen molar-refractivity contribution in [1.82, 2.24) is 0 Å². The lowest BCUT2D eigenvalue weighted by atomic mass is 9.78. The van der Waals surface area contributed by atoms with Crippen molar-refractivity contribution in [2.75, 3.05) is 21.3 Å². The van der Waals surface area contributed by atoms with E-state index >= 15 is 0 Å². The van der Waals surface area contributed by atoms with Crippen LogP contribution in [0.5, 0.6) is 0 Å². The van der Waals surface area contributed by atoms with Crippen molar-refractivity contribution in [2.24, 2.45) is 5.41 Å². The molecular weight excluding hydrogens is 536 g/mol. The highest BCUT2D eigenvalue weighted by molar-refractivity contribution is 7.99. The third kappa shape index (κ3) is 6.03. The first-order valence-corrected chi connectivity index (χ1v) is 14.0. The second-order valence-electron chi connectivity index (χ2n) is 8.13. The van der Waals surface area contributed by atoms with Crippen LogP contribution in [0, 0.1) is 5.41 Å². The number of benzene rings is 2. The topological polar surface area (TPSA) is 147 Å². The quantitative estimate of drug-likeness (QED) is 0.173. The van der Waals surface area contributed by atoms with Crippen LogP contribution in [-0.2, 0) is 48.3 Å². The minimum absolute atomic E-state index is 0.209. The van der Waals surface area contributed by atoms with Gasteiger partial charge < -0.3 is 14.2 Å². The first kappa shape index (κ1) is 30.5. The molecule has 0 aliphatic rings. The number of ether oxygens (including phenoxy) is 3. The average Bonchev–Trinajstić information content (AvgIpc) is 2.94. The highest BCUT2D eigenvalue weighted by Gasteiger charge is 2.52. The Kier molecular flexibility index (Phi) is 9.76. The van der Waals surface area contributed by atoms with Crippen molar-refractivity contribution in [3.05, 3.63) is 82.6 Å². The number of carbonyl (C=O) groups is 3. The van der Waals surface area contributed by atoms with Gasteiger partial charge in [-0.15, -0.1) is 0 Å². The minimum atomic E-state index is -4.63. The van der Waals surface area contributed by atoms with Crippen LogP contribution in [0.4, 0.5) is 0 Å². The van der Waals surface area contributed by atoms with Gasteiger partial charge in [0.2, 0.25) is 19.7 Å². The Bertz CT molecular complexity index is 1440. The van der Waals surface area contributed by atoms with Crippen molar-refractivity contribution < 1.29 is 45.4 Å². The predicted octanol–water partition coefficient (Wildman–Crippen LogP) is 3.01. The predicted molar refractivity (Wildman–Crippen MR) is 137 cm³/mol. The van der Waals surface area contributed by atoms with Gasteiger partial charge in [-0.25, -0.2) is 21.6 Å². The molecule has 38 heavy (non-hydrogen) atoms. The molecule has 0 bridgehead atoms. The summed E-state index contributed by atoms with van der Waals surface area (Å²) >= 11 is 0. The Morgan fingerprint density at radius 2 is 1.13 bits per heavy atom. The van der Waals surface area contributed by atoms with E-state index in [4.69, 9.17) is 9.47 Å². The zero-order valence-electron chi connectivity index (χ0n) is 21.3. The number of hydrogen-bond donors (Lipinski definition) is 0. The van der Waals surface area contributed by atoms with Gasteiger partial charge in [0.25, 0.3) is 0 Å². The van der Waals surface area contributed by atoms with E-state index in [-0.39, 0.29) is 15.4 Å². The molecule has 2 rings (SSSR count). The van der Waals surface area contributed by atoms with Crippen molar-refractivity contribution >= 4 is 37.6 Å². The maximum absolute atomic E-state index is 13.9. The number of hydrogen-bond acceptors (Lipinski definition) is 10. The van der Waals surface area contributed by atoms with Crippen molar-refractivity contribution in [2.45, 2.75) is 29.6 Å². The summed E-state index contributed by atoms with van der Waals surface area (Å²) in [6.45, 7) is 4.60. The lowest BCUT2D eigenvalue weighted by molar-refractivity contribution is -0.169. The molecule has 2 aromatic rings. The maximum atomic E-state index is 13.9. The summed E-state index contributed by atoms with van der Waals surface area (Å²) in [4.78, 5) is 36.5. The van der Waals surface area contributed by atoms with Crippen molar-refractivity contribution in [3.63, 3.8) is 0 Å². The molecular formula is C26H28O10S2. The number of allylic oxidation sites excluding steroid dienone is 2. The number of methoxy groups -OCH3 is 3. The third-order valence-electron chi connectivity index (χ3n) is 5.83. The second kappa shape index (κ2) is 12.2. The van der Waals surface area contributed by atoms with Crippen LogP contribution >= 0.6 is 0 Å². The van der Waals surface area contributed by atoms with Crippen LogP contribution in [-0.4, -0.2) is 56.1 Å². The van der Waals surface area contributed by atoms with Gasteiger partial charge in [-0.2, -0.15) is 0 Å². The summed E-state index contributed by atoms with van der Waals surface area (Å²) in [7, 11) is -6.12. The Morgan fingerprint density at radius 3 is 1.53 bits per heavy atom. The van der Waals surface area contributed by atoms with Gasteiger partial charge in [-0.05, 0) is 31.2 Å². The molecule has 0 atom stereocenters. The van der Waals surface area contributed by atoms with Gasteiger partial charge in [-0.1, -0.05) is 43.0 Å². The molecule has 0 unspecified atom stereocenters. The van der Waals surface area contributed by atoms with Crippen LogP contribution in [0.25, 0.3) is 0 Å². The van der Waals surface area contributed by atoms with Gasteiger partial charge in [0.15, 0.2) is 5.41 Å². The smallest absolute Gasteiger partial charge is 0.333 e. The molecule has 10 nitrogen and oxygen atoms in total. The fraction of sp³-hybridized carbons (Fsp3) is 0.269. The Hall–Kier alpha value is -3.77. The first-order valence-electron chi connectivity index (χ1n) is 11.0. The molecule has 0 spiro atoms. The number of rotatable bonds is 11. The molecule has 0 saturated heterocycles. The normalized spacial score (nSPS) is 12.6. The van der Waals surface area contributed by atoms with Crippen LogP contribution in [0.2, 0.25) is 0 Å². The zero-order chi connectivity index (χ0) is 28.7. The van der Waals surface area contributed by atoms with Gasteiger partial charge >= 0.3 is 17.9 Å². The van der Waals surface area contributed by atoms with Crippen LogP contribution < -0.4 is 0 Å². The number of sulfone groups is 2. The SMILES string of the molecule is C=C(CC(C/C(=C(\C)S(=O)(=O)c1ccccc1)S(=O)(=O)c1ccccc1)(C(=O)OC)C(=O)OC)C(=O)OC. The Morgan fingerprint density at radius 1 is 0.711 bits per heavy atom. The molecule has 0 radical (unpaired) electrons. The largest absolute Gasteiger partial charge is 0.468 e. The molecule has 0 saturated carbocycles. The zero-order valence-corrected chi connectivity index (χ0v) is 22.9. The fourth-order valence-corrected chi connectivity index (χ4v) is 7.27. The van der Waals surface area contributed by atoms with Crippen LogP contribution in [0.15, 0.2) is 92.4 Å². The van der Waals surface area contributed by atoms with E-state index in [0.717, 1.165) is 28.3 Å². The van der Waals surface area contributed by atoms with E-state index in [0.29, 0.717) is 0 Å². The molecule has 0 fully saturated rings. The molecule has 0 aliphatic heterocycles. The van der Waals surface area contributed by atoms with E-state index in [1.165, 1.54) is 48.5 Å². The highest BCUT2D eigenvalue weighted by atomic mass is 32.2. The Balaban J connectivity index is 2.97. The molecule has 0 aliphatic carbocycles. The van der Waals surface area contributed by atoms with Gasteiger partial charge in [0.05, 0.1) is 40.9 Å². The standard InChI is InChI=1S/C26H28O10S2/c1-18(23(27)34-3)16-26(24(28)35-4,25(29)36-5)17-22(38(32,33)21-14-10-7-11-15-21)19(2)37(30,31)20-12-8-6-9-13-20/h6-15H,1,16-17H2,2-5H3/b22-19-. The molecule has 0 aromatic heterocycles. The summed E-state index contributed by atoms with van der Waals surface area (Å²) < 4.78 is 69.1. The molecule has 12 heteroatoms. The second-order valence-corrected chi connectivity index (χ2v) is 12.2. The highest BCUT2D eigenvalue weighted by Crippen LogP contribution is 2.42. The monoisotopic (exact) mass is 564 g/mol. The van der Waals surface area contributed by atoms with E-state index in [1.807, 2.05) is 0 Å². The third-order valence-corrected chi connectivity index (χ3v) is 9.90. The van der Waals surface area contributed by atoms with Gasteiger partial charge in [0, 0.05) is 18.4 Å². The summed E-state index contributed by atoms with van der Waals surface area (Å²) in [5, 5.41) is 0. The molecule has 2 aromatic carbocycles. The first-order chi connectivity index (χ1) is 17.8. The van der Waals surface area contributed by atoms with Crippen LogP contribution in [0.1, 0.15) is 19.8 Å². The molecule has 0 N–H and O–H groups in total. The Labute approximate surface area is 221 Å². The fourth-order valence-electron chi connectivity index (χ4n) is 3.76. The lowest BCUT2D eigenvalue weighted by Gasteiger charge is -2.30. The minimum Gasteiger partial charge on any atom is -0.468 e. The van der Waals surface area contributed by atoms with E-state index in [9.17, 15) is 31.2 Å². The summed E-state index contributed by atoms with van der Waals surface area (Å²) in [6.07, 6.45) is -1.79. The molecule has 0 amide bonds. The van der Waals surface area contributed by atoms with Crippen LogP contribution in [0.3, 0.4) is 0 Å². The van der Waals surface area contributed by atoms with Gasteiger partial charge in [0.1, 0.15) is 0 Å². The van der Waals surface area contributed by atoms with Crippen molar-refractivity contribution in [1.29, 1.82) is 0 Å². The molecule has 0 heterocycles. The maximum Gasteiger partial charge on any atom is 0.333 e. The lowest BCUT2D eigenvalue weighted by Crippen LogP contribution is -2.43. The number of esters is 3. The average molecular weight is 565 g/mol. The van der Waals surface area contributed by atoms with E-state index in [2.05, 4.69) is 11.3 Å².